The quantitative estimate of drug-likeness (QED) is 0.0337. The van der Waals surface area contributed by atoms with Crippen LogP contribution in [0.25, 0.3) is 0 Å². The van der Waals surface area contributed by atoms with Gasteiger partial charge in [0.2, 0.25) is 0 Å². The Morgan fingerprint density at radius 2 is 0.973 bits per heavy atom. The van der Waals surface area contributed by atoms with Gasteiger partial charge in [-0.25, -0.2) is 16.8 Å². The molecule has 74 heavy (non-hydrogen) atoms. The number of carboxylic acid groups (broad SMARTS) is 1. The summed E-state index contributed by atoms with van der Waals surface area (Å²) in [5, 5.41) is 58.4. The molecule has 0 aliphatic carbocycles. The van der Waals surface area contributed by atoms with Gasteiger partial charge >= 0.3 is 10.4 Å². The SMILES string of the molecule is CC(=O)O[O-].CC(=O)[O-].CC(=O)[S-].CC(C)(C)O[O-].CCS(=O)(=O)[O-].CN(C)[O-].CNC([O-])=C(C)CC(C)=O.COP(=O)([O-])OC.COP(=O)([O-])[O-].COS(=O)(=O)O.CS(=O)(=O)[O-].C[C-](C)C.C[O-].C[S-].[C-]#CC. The van der Waals surface area contributed by atoms with Crippen molar-refractivity contribution in [2.45, 2.75) is 102 Å². The van der Waals surface area contributed by atoms with Crippen LogP contribution in [0, 0.1) is 23.5 Å². The molecule has 0 radical (unpaired) electrons. The standard InChI is InChI=1S/C7H13NO2.C4H10O2.C4H9.C3H3.C2H6NO.C2H7O4P.C2H6O3S.C2H4O3.C2H4O2.C2H4OS.CH5O4P.CH4O4S.CH4O3S.CH3O.CH4S/c1-5(4-6(2)9)7(10)8-3;1-4(2,3)6-5;1-4(2)3;1-3-2;1-3(2)4;1-5-7(3,4)6-2;1-2-6(3,4)5;1-2(3)5-4;2*1-2(3)4;2*1-5-6(2,3)4;1-5(2,3)4;2*1-2/h8,10H,4H2,1-3H3;5H,1-3H3;1-3H3;1H3;1-2H3;1-2H3,(H,3,4);2H2,1H3,(H,3,4,5);4H,1H3;2*1H3,(H,3,4);1H3,(H2,2,3,4);1H3,(H,2,3,4);1H3,(H,2,3,4);1H3;2H,1H3/q;;3*-1;;;;;;;;;-1;/p-11. The number of ketones is 1. The predicted octanol–water partition coefficient (Wildman–Crippen LogP) is -4.73. The number of phosphoric ester groups is 2. The lowest BCUT2D eigenvalue weighted by atomic mass is 10.2. The number of nitrogens with zero attached hydrogens (tertiary/aromatic N) is 1. The molecule has 0 aromatic heterocycles. The summed E-state index contributed by atoms with van der Waals surface area (Å²) in [6, 6.07) is 0. The summed E-state index contributed by atoms with van der Waals surface area (Å²) < 4.78 is 116. The highest BCUT2D eigenvalue weighted by molar-refractivity contribution is 7.85. The summed E-state index contributed by atoms with van der Waals surface area (Å²) in [5.41, 5.74) is 0.0509. The molecule has 0 unspecified atom stereocenters. The maximum Gasteiger partial charge on any atom is 0.397 e. The van der Waals surface area contributed by atoms with Gasteiger partial charge in [-0.3, -0.25) is 22.9 Å². The summed E-state index contributed by atoms with van der Waals surface area (Å²) >= 11 is 8.06. The van der Waals surface area contributed by atoms with E-state index in [1.165, 1.54) is 40.8 Å². The highest BCUT2D eigenvalue weighted by atomic mass is 32.3. The molecule has 0 saturated carbocycles. The molecule has 2 N–H and O–H groups in total. The van der Waals surface area contributed by atoms with E-state index in [1.807, 2.05) is 5.92 Å². The van der Waals surface area contributed by atoms with Gasteiger partial charge in [-0.1, -0.05) is 12.5 Å². The highest BCUT2D eigenvalue weighted by Gasteiger charge is 2.01. The molecule has 0 amide bonds. The third-order valence-electron chi connectivity index (χ3n) is 2.73. The van der Waals surface area contributed by atoms with Gasteiger partial charge in [-0.2, -0.15) is 42.6 Å². The molecule has 0 fully saturated rings. The Morgan fingerprint density at radius 1 is 0.811 bits per heavy atom. The van der Waals surface area contributed by atoms with Crippen molar-refractivity contribution in [2.75, 3.05) is 75.0 Å². The predicted molar refractivity (Wildman–Crippen MR) is 258 cm³/mol. The van der Waals surface area contributed by atoms with Crippen LogP contribution in [0.2, 0.25) is 0 Å². The van der Waals surface area contributed by atoms with Crippen LogP contribution in [0.3, 0.4) is 0 Å². The number of nitrogens with one attached hydrogen (secondary N) is 1. The maximum atomic E-state index is 10.7. The molecule has 0 bridgehead atoms. The van der Waals surface area contributed by atoms with Crippen LogP contribution in [-0.4, -0.2) is 147 Å². The van der Waals surface area contributed by atoms with Crippen LogP contribution < -0.4 is 45.8 Å². The Bertz CT molecular complexity index is 1670. The summed E-state index contributed by atoms with van der Waals surface area (Å²) in [6.45, 7) is 20.7. The van der Waals surface area contributed by atoms with Gasteiger partial charge < -0.3 is 146 Å². The number of Topliss-reactive ketones (excluding diaryl/α,β-unsaturated/α-hetero) is 1. The van der Waals surface area contributed by atoms with Gasteiger partial charge in [-0.05, 0) is 75.4 Å². The maximum absolute atomic E-state index is 10.7. The largest absolute Gasteiger partial charge is 0.860 e. The number of carbonyl (C=O) groups is 4. The number of hydrogen-bond acceptors (Lipinski definition) is 33. The van der Waals surface area contributed by atoms with Crippen LogP contribution in [0.4, 0.5) is 0 Å². The average molecular weight is 1230 g/mol. The van der Waals surface area contributed by atoms with E-state index >= 15 is 0 Å². The molecule has 0 rings (SSSR count). The van der Waals surface area contributed by atoms with Crippen LogP contribution >= 0.6 is 15.6 Å². The fourth-order valence-electron chi connectivity index (χ4n) is 0.742. The number of carboxylic acids is 1. The van der Waals surface area contributed by atoms with Crippen molar-refractivity contribution in [3.8, 4) is 5.92 Å². The van der Waals surface area contributed by atoms with Crippen molar-refractivity contribution in [2.24, 2.45) is 0 Å². The zero-order valence-electron chi connectivity index (χ0n) is 45.6. The van der Waals surface area contributed by atoms with Gasteiger partial charge in [0.1, 0.15) is 5.78 Å². The van der Waals surface area contributed by atoms with Crippen molar-refractivity contribution in [1.82, 2.24) is 10.4 Å². The molecule has 0 aromatic carbocycles. The fourth-order valence-corrected chi connectivity index (χ4v) is 0.891. The van der Waals surface area contributed by atoms with Crippen LogP contribution in [0.1, 0.15) is 96.4 Å². The van der Waals surface area contributed by atoms with Gasteiger partial charge in [-0.15, -0.1) is 0 Å². The topological polar surface area (TPSA) is 549 Å². The molecule has 0 atom stereocenters. The monoisotopic (exact) mass is 1230 g/mol. The first kappa shape index (κ1) is 111. The molecule has 460 valence electrons. The van der Waals surface area contributed by atoms with Crippen molar-refractivity contribution in [1.29, 1.82) is 0 Å². The lowest BCUT2D eigenvalue weighted by Gasteiger charge is -2.25. The smallest absolute Gasteiger partial charge is 0.397 e. The number of allylic oxidation sites excluding steroid dienone is 1. The molecule has 0 aliphatic rings. The van der Waals surface area contributed by atoms with Crippen LogP contribution in [0.15, 0.2) is 11.5 Å². The summed E-state index contributed by atoms with van der Waals surface area (Å²) in [7, 11) is -11.6. The van der Waals surface area contributed by atoms with Gasteiger partial charge in [0.25, 0.3) is 13.8 Å². The van der Waals surface area contributed by atoms with Crippen molar-refractivity contribution in [3.05, 3.63) is 29.0 Å². The minimum atomic E-state index is -4.65. The van der Waals surface area contributed by atoms with Crippen LogP contribution in [-0.2, 0) is 112 Å². The van der Waals surface area contributed by atoms with Crippen LogP contribution in [0.5, 0.6) is 0 Å². The van der Waals surface area contributed by atoms with E-state index in [1.54, 1.807) is 47.9 Å². The second-order valence-electron chi connectivity index (χ2n) is 12.1. The Balaban J connectivity index is -0.0000000394. The number of aliphatic carboxylic acids is 1. The second kappa shape index (κ2) is 74.7. The molecule has 0 aliphatic heterocycles. The lowest BCUT2D eigenvalue weighted by Crippen LogP contribution is -2.25. The van der Waals surface area contributed by atoms with Crippen molar-refractivity contribution < 1.29 is 135 Å². The third kappa shape index (κ3) is 432. The molecule has 0 spiro atoms. The number of carbonyl (C=O) groups excluding carboxylic acids is 4. The van der Waals surface area contributed by atoms with Gasteiger partial charge in [0, 0.05) is 70.4 Å². The van der Waals surface area contributed by atoms with Gasteiger partial charge in [0.15, 0.2) is 0 Å². The zero-order chi connectivity index (χ0) is 64.7. The van der Waals surface area contributed by atoms with Gasteiger partial charge in [0.05, 0.1) is 35.2 Å². The molecule has 32 nitrogen and oxygen atoms in total. The number of hydrogen-bond donors (Lipinski definition) is 2. The van der Waals surface area contributed by atoms with E-state index < -0.39 is 63.8 Å². The summed E-state index contributed by atoms with van der Waals surface area (Å²) in [6.07, 6.45) is 8.40. The van der Waals surface area contributed by atoms with Crippen molar-refractivity contribution in [3.63, 3.8) is 0 Å². The van der Waals surface area contributed by atoms with Crippen molar-refractivity contribution >= 4 is 94.4 Å². The van der Waals surface area contributed by atoms with E-state index in [4.69, 9.17) is 44.2 Å². The molecule has 0 saturated heterocycles. The summed E-state index contributed by atoms with van der Waals surface area (Å²) in [4.78, 5) is 72.9. The first-order valence-corrected chi connectivity index (χ1v) is 27.1. The molecular formula is C35H75N2O30P2S5-15. The van der Waals surface area contributed by atoms with E-state index in [2.05, 4.69) is 78.9 Å². The zero-order valence-corrected chi connectivity index (χ0v) is 51.5. The molecular weight excluding hydrogens is 1150 g/mol. The minimum absolute atomic E-state index is 0.0149. The Hall–Kier alpha value is -2.58. The first-order valence-electron chi connectivity index (χ1n) is 18.2. The first-order chi connectivity index (χ1) is 32.6. The number of hydroxylamine groups is 2. The third-order valence-corrected chi connectivity index (χ3v) is 5.20. The summed E-state index contributed by atoms with van der Waals surface area (Å²) in [5.74, 6) is 1.08. The fraction of sp³-hybridized carbons (Fsp3) is 0.743. The van der Waals surface area contributed by atoms with E-state index in [0.717, 1.165) is 54.5 Å². The Kier molecular flexibility index (Phi) is 112. The lowest BCUT2D eigenvalue weighted by molar-refractivity contribution is -0.714. The second-order valence-corrected chi connectivity index (χ2v) is 19.9. The van der Waals surface area contributed by atoms with E-state index in [9.17, 15) is 75.2 Å². The Labute approximate surface area is 450 Å². The molecule has 0 aromatic rings. The molecule has 0 heterocycles. The number of rotatable bonds is 8. The minimum Gasteiger partial charge on any atom is -0.860 e. The Morgan fingerprint density at radius 3 is 1.01 bits per heavy atom. The normalized spacial score (nSPS) is 9.77. The van der Waals surface area contributed by atoms with E-state index in [-0.39, 0.29) is 29.0 Å². The highest BCUT2D eigenvalue weighted by Crippen LogP contribution is 2.34. The average Bonchev–Trinajstić information content (AvgIpc) is 3.21. The molecule has 39 heteroatoms. The van der Waals surface area contributed by atoms with E-state index in [0.29, 0.717) is 11.8 Å². The number of phosphoric acid groups is 2.